The minimum atomic E-state index is -0.847. The lowest BCUT2D eigenvalue weighted by atomic mass is 10.1. The van der Waals surface area contributed by atoms with E-state index in [1.807, 2.05) is 0 Å². The van der Waals surface area contributed by atoms with Gasteiger partial charge in [0.2, 0.25) is 0 Å². The Kier molecular flexibility index (Phi) is 7.80. The average Bonchev–Trinajstić information content (AvgIpc) is 2.90. The molecule has 0 amide bonds. The predicted molar refractivity (Wildman–Crippen MR) is 84.6 cm³/mol. The number of carboxylic acid groups (broad SMARTS) is 1. The van der Waals surface area contributed by atoms with Crippen molar-refractivity contribution in [2.75, 3.05) is 19.6 Å². The van der Waals surface area contributed by atoms with Crippen molar-refractivity contribution < 1.29 is 9.90 Å². The first kappa shape index (κ1) is 17.1. The molecule has 1 atom stereocenters. The number of nitrogens with one attached hydrogen (secondary N) is 1. The fraction of sp³-hybridized carbons (Fsp3) is 0.667. The van der Waals surface area contributed by atoms with Gasteiger partial charge in [0.05, 0.1) is 5.56 Å². The van der Waals surface area contributed by atoms with Gasteiger partial charge in [0, 0.05) is 22.8 Å². The molecule has 1 aromatic heterocycles. The maximum absolute atomic E-state index is 10.8. The van der Waals surface area contributed by atoms with Crippen LogP contribution >= 0.6 is 11.3 Å². The summed E-state index contributed by atoms with van der Waals surface area (Å²) in [5.74, 6) is -0.847. The van der Waals surface area contributed by atoms with Crippen LogP contribution in [0.5, 0.6) is 0 Å². The molecule has 0 aliphatic rings. The molecule has 0 spiro atoms. The Balaban J connectivity index is 2.22. The summed E-state index contributed by atoms with van der Waals surface area (Å²) in [5.41, 5.74) is 0.390. The normalized spacial score (nSPS) is 12.8. The molecule has 0 saturated heterocycles. The number of carbonyl (C=O) groups is 1. The molecule has 0 aliphatic carbocycles. The first-order chi connectivity index (χ1) is 9.56. The molecular formula is C15H26N2O2S. The monoisotopic (exact) mass is 298 g/mol. The van der Waals surface area contributed by atoms with Gasteiger partial charge in [0.25, 0.3) is 0 Å². The number of rotatable bonds is 10. The average molecular weight is 298 g/mol. The molecule has 114 valence electrons. The summed E-state index contributed by atoms with van der Waals surface area (Å²) in [4.78, 5) is 14.3. The highest BCUT2D eigenvalue weighted by atomic mass is 32.1. The largest absolute Gasteiger partial charge is 0.478 e. The third kappa shape index (κ3) is 6.03. The Labute approximate surface area is 125 Å². The van der Waals surface area contributed by atoms with E-state index in [9.17, 15) is 4.79 Å². The third-order valence-electron chi connectivity index (χ3n) is 3.53. The van der Waals surface area contributed by atoms with Crippen molar-refractivity contribution in [3.8, 4) is 0 Å². The van der Waals surface area contributed by atoms with E-state index in [4.69, 9.17) is 5.11 Å². The lowest BCUT2D eigenvalue weighted by molar-refractivity contribution is 0.0697. The van der Waals surface area contributed by atoms with Crippen molar-refractivity contribution in [2.24, 2.45) is 0 Å². The standard InChI is InChI=1S/C15H26N2O2S/c1-4-17(5-2)8-6-7-12(3)16-10-14-9-13(11-20-14)15(18)19/h9,11-12,16H,4-8,10H2,1-3H3,(H,18,19). The van der Waals surface area contributed by atoms with Crippen LogP contribution in [0.3, 0.4) is 0 Å². The minimum absolute atomic E-state index is 0.390. The molecule has 0 fully saturated rings. The van der Waals surface area contributed by atoms with Gasteiger partial charge >= 0.3 is 5.97 Å². The van der Waals surface area contributed by atoms with Crippen molar-refractivity contribution in [1.29, 1.82) is 0 Å². The lowest BCUT2D eigenvalue weighted by Crippen LogP contribution is -2.28. The van der Waals surface area contributed by atoms with Crippen LogP contribution in [0.25, 0.3) is 0 Å². The second-order valence-electron chi connectivity index (χ2n) is 5.06. The van der Waals surface area contributed by atoms with Gasteiger partial charge in [-0.15, -0.1) is 11.3 Å². The fourth-order valence-electron chi connectivity index (χ4n) is 2.12. The zero-order valence-corrected chi connectivity index (χ0v) is 13.5. The highest BCUT2D eigenvalue weighted by Crippen LogP contribution is 2.14. The van der Waals surface area contributed by atoms with Gasteiger partial charge in [-0.3, -0.25) is 0 Å². The molecule has 5 heteroatoms. The summed E-state index contributed by atoms with van der Waals surface area (Å²) in [7, 11) is 0. The van der Waals surface area contributed by atoms with Gasteiger partial charge in [-0.05, 0) is 45.5 Å². The minimum Gasteiger partial charge on any atom is -0.478 e. The Morgan fingerprint density at radius 1 is 1.45 bits per heavy atom. The summed E-state index contributed by atoms with van der Waals surface area (Å²) < 4.78 is 0. The molecular weight excluding hydrogens is 272 g/mol. The van der Waals surface area contributed by atoms with Crippen molar-refractivity contribution in [3.63, 3.8) is 0 Å². The number of hydrogen-bond acceptors (Lipinski definition) is 4. The summed E-state index contributed by atoms with van der Waals surface area (Å²) in [6, 6.07) is 2.21. The molecule has 1 heterocycles. The molecule has 20 heavy (non-hydrogen) atoms. The number of carboxylic acids is 1. The number of thiophene rings is 1. The SMILES string of the molecule is CCN(CC)CCCC(C)NCc1cc(C(=O)O)cs1. The van der Waals surface area contributed by atoms with Crippen LogP contribution in [0.4, 0.5) is 0 Å². The fourth-order valence-corrected chi connectivity index (χ4v) is 2.93. The van der Waals surface area contributed by atoms with E-state index >= 15 is 0 Å². The Morgan fingerprint density at radius 2 is 2.15 bits per heavy atom. The molecule has 0 bridgehead atoms. The van der Waals surface area contributed by atoms with Gasteiger partial charge in [0.1, 0.15) is 0 Å². The summed E-state index contributed by atoms with van der Waals surface area (Å²) in [5, 5.41) is 14.0. The second kappa shape index (κ2) is 9.10. The zero-order chi connectivity index (χ0) is 15.0. The van der Waals surface area contributed by atoms with Crippen LogP contribution < -0.4 is 5.32 Å². The second-order valence-corrected chi connectivity index (χ2v) is 6.05. The quantitative estimate of drug-likeness (QED) is 0.697. The molecule has 1 unspecified atom stereocenters. The van der Waals surface area contributed by atoms with E-state index in [1.54, 1.807) is 11.4 Å². The Bertz CT molecular complexity index is 402. The van der Waals surface area contributed by atoms with E-state index in [2.05, 4.69) is 31.0 Å². The number of aromatic carboxylic acids is 1. The Morgan fingerprint density at radius 3 is 2.70 bits per heavy atom. The van der Waals surface area contributed by atoms with Crippen LogP contribution in [0.1, 0.15) is 48.8 Å². The first-order valence-electron chi connectivity index (χ1n) is 7.33. The molecule has 0 aromatic carbocycles. The van der Waals surface area contributed by atoms with Crippen molar-refractivity contribution >= 4 is 17.3 Å². The summed E-state index contributed by atoms with van der Waals surface area (Å²) >= 11 is 1.50. The van der Waals surface area contributed by atoms with Gasteiger partial charge in [-0.2, -0.15) is 0 Å². The van der Waals surface area contributed by atoms with Crippen molar-refractivity contribution in [3.05, 3.63) is 21.9 Å². The Hall–Kier alpha value is -0.910. The van der Waals surface area contributed by atoms with E-state index in [0.717, 1.165) is 37.5 Å². The smallest absolute Gasteiger partial charge is 0.336 e. The van der Waals surface area contributed by atoms with Crippen LogP contribution in [0.2, 0.25) is 0 Å². The molecule has 4 nitrogen and oxygen atoms in total. The van der Waals surface area contributed by atoms with Crippen LogP contribution in [-0.2, 0) is 6.54 Å². The first-order valence-corrected chi connectivity index (χ1v) is 8.21. The lowest BCUT2D eigenvalue weighted by Gasteiger charge is -2.19. The van der Waals surface area contributed by atoms with Crippen LogP contribution in [-0.4, -0.2) is 41.7 Å². The van der Waals surface area contributed by atoms with E-state index in [0.29, 0.717) is 11.6 Å². The maximum atomic E-state index is 10.8. The zero-order valence-electron chi connectivity index (χ0n) is 12.7. The van der Waals surface area contributed by atoms with Gasteiger partial charge in [-0.25, -0.2) is 4.79 Å². The molecule has 0 saturated carbocycles. The molecule has 1 rings (SSSR count). The van der Waals surface area contributed by atoms with Crippen molar-refractivity contribution in [2.45, 2.75) is 46.2 Å². The molecule has 2 N–H and O–H groups in total. The van der Waals surface area contributed by atoms with E-state index in [1.165, 1.54) is 17.8 Å². The number of nitrogens with zero attached hydrogens (tertiary/aromatic N) is 1. The van der Waals surface area contributed by atoms with E-state index < -0.39 is 5.97 Å². The topological polar surface area (TPSA) is 52.6 Å². The molecule has 0 aliphatic heterocycles. The summed E-state index contributed by atoms with van der Waals surface area (Å²) in [6.45, 7) is 10.7. The highest BCUT2D eigenvalue weighted by molar-refractivity contribution is 7.10. The summed E-state index contributed by atoms with van der Waals surface area (Å²) in [6.07, 6.45) is 2.34. The van der Waals surface area contributed by atoms with Crippen molar-refractivity contribution in [1.82, 2.24) is 10.2 Å². The van der Waals surface area contributed by atoms with Gasteiger partial charge in [-0.1, -0.05) is 13.8 Å². The predicted octanol–water partition coefficient (Wildman–Crippen LogP) is 3.05. The highest BCUT2D eigenvalue weighted by Gasteiger charge is 2.08. The number of hydrogen-bond donors (Lipinski definition) is 2. The molecule has 1 aromatic rings. The van der Waals surface area contributed by atoms with E-state index in [-0.39, 0.29) is 0 Å². The maximum Gasteiger partial charge on any atom is 0.336 e. The van der Waals surface area contributed by atoms with Gasteiger partial charge in [0.15, 0.2) is 0 Å². The third-order valence-corrected chi connectivity index (χ3v) is 4.47. The van der Waals surface area contributed by atoms with Gasteiger partial charge < -0.3 is 15.3 Å². The van der Waals surface area contributed by atoms with Crippen LogP contribution in [0.15, 0.2) is 11.4 Å². The van der Waals surface area contributed by atoms with Crippen LogP contribution in [0, 0.1) is 0 Å². The molecule has 0 radical (unpaired) electrons.